The van der Waals surface area contributed by atoms with Crippen molar-refractivity contribution in [2.45, 2.75) is 50.1 Å². The molecule has 0 saturated heterocycles. The molecule has 1 unspecified atom stereocenters. The van der Waals surface area contributed by atoms with Crippen molar-refractivity contribution in [2.24, 2.45) is 11.8 Å². The average Bonchev–Trinajstić information content (AvgIpc) is 3.30. The minimum atomic E-state index is -3.70. The molecule has 2 aromatic rings. The van der Waals surface area contributed by atoms with E-state index < -0.39 is 21.9 Å². The highest BCUT2D eigenvalue weighted by Crippen LogP contribution is 2.29. The number of halogens is 1. The fraction of sp³-hybridized carbons (Fsp3) is 0.455. The van der Waals surface area contributed by atoms with Gasteiger partial charge >= 0.3 is 0 Å². The first-order chi connectivity index (χ1) is 15.2. The van der Waals surface area contributed by atoms with Gasteiger partial charge < -0.3 is 15.1 Å². The van der Waals surface area contributed by atoms with Crippen molar-refractivity contribution in [1.29, 1.82) is 0 Å². The Balaban J connectivity index is 1.39. The third-order valence-electron chi connectivity index (χ3n) is 5.67. The minimum Gasteiger partial charge on any atom is -0.467 e. The van der Waals surface area contributed by atoms with E-state index in [1.165, 1.54) is 18.4 Å². The number of nitrogens with one attached hydrogen (secondary N) is 3. The number of hydrogen-bond donors (Lipinski definition) is 3. The zero-order chi connectivity index (χ0) is 23.1. The van der Waals surface area contributed by atoms with Crippen LogP contribution in [0, 0.1) is 17.7 Å². The van der Waals surface area contributed by atoms with Crippen molar-refractivity contribution < 1.29 is 26.8 Å². The molecule has 3 N–H and O–H groups in total. The Labute approximate surface area is 187 Å². The van der Waals surface area contributed by atoms with Gasteiger partial charge in [0.1, 0.15) is 17.6 Å². The highest BCUT2D eigenvalue weighted by Gasteiger charge is 2.29. The monoisotopic (exact) mass is 465 g/mol. The molecule has 1 aromatic heterocycles. The Morgan fingerprint density at radius 3 is 2.44 bits per heavy atom. The van der Waals surface area contributed by atoms with Crippen LogP contribution in [-0.2, 0) is 26.2 Å². The van der Waals surface area contributed by atoms with E-state index in [1.54, 1.807) is 19.1 Å². The lowest BCUT2D eigenvalue weighted by atomic mass is 9.81. The minimum absolute atomic E-state index is 0.0197. The van der Waals surface area contributed by atoms with E-state index in [0.717, 1.165) is 12.1 Å². The molecule has 32 heavy (non-hydrogen) atoms. The number of rotatable bonds is 9. The summed E-state index contributed by atoms with van der Waals surface area (Å²) in [6.07, 6.45) is 4.16. The van der Waals surface area contributed by atoms with Gasteiger partial charge in [-0.05, 0) is 74.9 Å². The number of benzene rings is 1. The highest BCUT2D eigenvalue weighted by atomic mass is 32.2. The van der Waals surface area contributed by atoms with E-state index in [9.17, 15) is 22.4 Å². The summed E-state index contributed by atoms with van der Waals surface area (Å²) in [6, 6.07) is 7.49. The normalized spacial score (nSPS) is 19.8. The summed E-state index contributed by atoms with van der Waals surface area (Å²) < 4.78 is 45.4. The van der Waals surface area contributed by atoms with E-state index in [2.05, 4.69) is 15.4 Å². The number of hydrogen-bond acceptors (Lipinski definition) is 5. The van der Waals surface area contributed by atoms with Crippen LogP contribution in [0.15, 0.2) is 52.0 Å². The third kappa shape index (κ3) is 6.64. The van der Waals surface area contributed by atoms with Gasteiger partial charge in [0.15, 0.2) is 0 Å². The quantitative estimate of drug-likeness (QED) is 0.525. The van der Waals surface area contributed by atoms with Gasteiger partial charge in [0.2, 0.25) is 21.8 Å². The van der Waals surface area contributed by atoms with Gasteiger partial charge in [0, 0.05) is 12.5 Å². The third-order valence-corrected chi connectivity index (χ3v) is 7.11. The number of carbonyl (C=O) groups excluding carboxylic acids is 2. The fourth-order valence-electron chi connectivity index (χ4n) is 3.69. The van der Waals surface area contributed by atoms with E-state index >= 15 is 0 Å². The molecule has 2 amide bonds. The van der Waals surface area contributed by atoms with Crippen LogP contribution in [0.4, 0.5) is 4.39 Å². The second-order valence-electron chi connectivity index (χ2n) is 8.05. The van der Waals surface area contributed by atoms with Crippen LogP contribution in [0.5, 0.6) is 0 Å². The number of amides is 2. The molecule has 1 saturated carbocycles. The van der Waals surface area contributed by atoms with Gasteiger partial charge in [-0.2, -0.15) is 0 Å². The van der Waals surface area contributed by atoms with Crippen molar-refractivity contribution >= 4 is 21.8 Å². The molecular formula is C22H28FN3O5S. The van der Waals surface area contributed by atoms with E-state index in [0.29, 0.717) is 31.4 Å². The first-order valence-electron chi connectivity index (χ1n) is 10.6. The van der Waals surface area contributed by atoms with E-state index in [-0.39, 0.29) is 41.6 Å². The molecule has 3 rings (SSSR count). The first kappa shape index (κ1) is 23.9. The van der Waals surface area contributed by atoms with Crippen LogP contribution in [0.2, 0.25) is 0 Å². The zero-order valence-corrected chi connectivity index (χ0v) is 18.7. The van der Waals surface area contributed by atoms with Crippen molar-refractivity contribution in [3.05, 3.63) is 54.2 Å². The Bertz CT molecular complexity index is 1000. The maximum atomic E-state index is 13.0. The topological polar surface area (TPSA) is 118 Å². The number of furan rings is 1. The molecule has 1 atom stereocenters. The molecule has 1 fully saturated rings. The number of carbonyl (C=O) groups is 2. The van der Waals surface area contributed by atoms with Crippen LogP contribution in [0.25, 0.3) is 0 Å². The largest absolute Gasteiger partial charge is 0.467 e. The van der Waals surface area contributed by atoms with Gasteiger partial charge in [-0.3, -0.25) is 9.59 Å². The maximum Gasteiger partial charge on any atom is 0.242 e. The Morgan fingerprint density at radius 1 is 1.12 bits per heavy atom. The molecule has 1 aliphatic rings. The van der Waals surface area contributed by atoms with E-state index in [4.69, 9.17) is 4.42 Å². The van der Waals surface area contributed by atoms with Gasteiger partial charge in [-0.25, -0.2) is 17.5 Å². The highest BCUT2D eigenvalue weighted by molar-refractivity contribution is 7.89. The van der Waals surface area contributed by atoms with Crippen LogP contribution >= 0.6 is 0 Å². The molecule has 0 spiro atoms. The van der Waals surface area contributed by atoms with Gasteiger partial charge in [0.05, 0.1) is 17.7 Å². The predicted octanol–water partition coefficient (Wildman–Crippen LogP) is 2.32. The standard InChI is InChI=1S/C22H28FN3O5S/c1-15(21(27)24-14-19-3-2-12-31-19)26-22(28)17-6-4-16(5-7-17)13-25-32(29,30)20-10-8-18(23)9-11-20/h2-3,8-12,15-17,25H,4-7,13-14H2,1H3,(H,24,27)(H,26,28). The van der Waals surface area contributed by atoms with Crippen molar-refractivity contribution in [3.8, 4) is 0 Å². The van der Waals surface area contributed by atoms with Gasteiger partial charge in [-0.1, -0.05) is 0 Å². The summed E-state index contributed by atoms with van der Waals surface area (Å²) in [5.74, 6) is -0.423. The molecule has 1 aromatic carbocycles. The van der Waals surface area contributed by atoms with Crippen molar-refractivity contribution in [3.63, 3.8) is 0 Å². The summed E-state index contributed by atoms with van der Waals surface area (Å²) in [5.41, 5.74) is 0. The molecule has 0 bridgehead atoms. The lowest BCUT2D eigenvalue weighted by Gasteiger charge is -2.28. The van der Waals surface area contributed by atoms with Crippen LogP contribution in [0.3, 0.4) is 0 Å². The zero-order valence-electron chi connectivity index (χ0n) is 17.8. The summed E-state index contributed by atoms with van der Waals surface area (Å²) in [4.78, 5) is 24.7. The molecule has 10 heteroatoms. The van der Waals surface area contributed by atoms with Crippen LogP contribution in [-0.4, -0.2) is 32.8 Å². The van der Waals surface area contributed by atoms with Crippen molar-refractivity contribution in [2.75, 3.05) is 6.54 Å². The Morgan fingerprint density at radius 2 is 1.81 bits per heavy atom. The van der Waals surface area contributed by atoms with Crippen LogP contribution in [0.1, 0.15) is 38.4 Å². The van der Waals surface area contributed by atoms with Gasteiger partial charge in [-0.15, -0.1) is 0 Å². The lowest BCUT2D eigenvalue weighted by Crippen LogP contribution is -2.47. The number of sulfonamides is 1. The predicted molar refractivity (Wildman–Crippen MR) is 115 cm³/mol. The van der Waals surface area contributed by atoms with Gasteiger partial charge in [0.25, 0.3) is 0 Å². The first-order valence-corrected chi connectivity index (χ1v) is 12.1. The lowest BCUT2D eigenvalue weighted by molar-refractivity contribution is -0.131. The average molecular weight is 466 g/mol. The summed E-state index contributed by atoms with van der Waals surface area (Å²) in [7, 11) is -3.70. The smallest absolute Gasteiger partial charge is 0.242 e. The fourth-order valence-corrected chi connectivity index (χ4v) is 4.81. The molecule has 1 heterocycles. The second kappa shape index (κ2) is 10.7. The molecular weight excluding hydrogens is 437 g/mol. The molecule has 0 radical (unpaired) electrons. The van der Waals surface area contributed by atoms with E-state index in [1.807, 2.05) is 0 Å². The molecule has 1 aliphatic carbocycles. The SMILES string of the molecule is CC(NC(=O)C1CCC(CNS(=O)(=O)c2ccc(F)cc2)CC1)C(=O)NCc1ccco1. The maximum absolute atomic E-state index is 13.0. The second-order valence-corrected chi connectivity index (χ2v) is 9.82. The summed E-state index contributed by atoms with van der Waals surface area (Å²) in [5, 5.41) is 5.47. The molecule has 174 valence electrons. The summed E-state index contributed by atoms with van der Waals surface area (Å²) >= 11 is 0. The van der Waals surface area contributed by atoms with Crippen molar-refractivity contribution in [1.82, 2.24) is 15.4 Å². The Hall–Kier alpha value is -2.72. The summed E-state index contributed by atoms with van der Waals surface area (Å²) in [6.45, 7) is 2.15. The molecule has 8 nitrogen and oxygen atoms in total. The molecule has 0 aliphatic heterocycles. The Kier molecular flexibility index (Phi) is 8.03. The van der Waals surface area contributed by atoms with Crippen LogP contribution < -0.4 is 15.4 Å².